The van der Waals surface area contributed by atoms with Crippen LogP contribution in [-0.4, -0.2) is 17.0 Å². The van der Waals surface area contributed by atoms with Crippen molar-refractivity contribution in [2.75, 3.05) is 0 Å². The number of nitrogens with zero attached hydrogens (tertiary/aromatic N) is 2. The Kier molecular flexibility index (Phi) is 7.96. The largest absolute Gasteiger partial charge is 0.488 e. The number of nitrogens with one attached hydrogen (secondary N) is 1. The van der Waals surface area contributed by atoms with Gasteiger partial charge in [0, 0.05) is 16.7 Å². The van der Waals surface area contributed by atoms with Crippen LogP contribution in [0.3, 0.4) is 0 Å². The maximum absolute atomic E-state index is 12.1. The zero-order valence-corrected chi connectivity index (χ0v) is 19.0. The molecule has 9 heteroatoms. The van der Waals surface area contributed by atoms with Crippen LogP contribution in [0.4, 0.5) is 5.69 Å². The molecule has 7 nitrogen and oxygen atoms in total. The number of halogens is 2. The van der Waals surface area contributed by atoms with Gasteiger partial charge in [-0.05, 0) is 64.0 Å². The fourth-order valence-electron chi connectivity index (χ4n) is 2.69. The molecule has 3 rings (SSSR count). The van der Waals surface area contributed by atoms with Crippen LogP contribution < -0.4 is 10.2 Å². The van der Waals surface area contributed by atoms with Crippen LogP contribution in [-0.2, 0) is 17.8 Å². The van der Waals surface area contributed by atoms with E-state index >= 15 is 0 Å². The van der Waals surface area contributed by atoms with Gasteiger partial charge < -0.3 is 4.74 Å². The second-order valence-corrected chi connectivity index (χ2v) is 8.06. The zero-order valence-electron chi connectivity index (χ0n) is 16.1. The predicted molar refractivity (Wildman–Crippen MR) is 127 cm³/mol. The highest BCUT2D eigenvalue weighted by molar-refractivity contribution is 14.1. The molecule has 0 saturated carbocycles. The number of amides is 1. The van der Waals surface area contributed by atoms with Crippen LogP contribution in [0.25, 0.3) is 0 Å². The van der Waals surface area contributed by atoms with E-state index in [1.54, 1.807) is 18.2 Å². The number of hydrogen-bond donors (Lipinski definition) is 1. The Balaban J connectivity index is 1.55. The number of carbonyl (C=O) groups excluding carboxylic acids is 1. The summed E-state index contributed by atoms with van der Waals surface area (Å²) in [5, 5.41) is 15.6. The molecule has 0 aliphatic carbocycles. The number of para-hydroxylation sites is 1. The molecule has 0 aliphatic heterocycles. The topological polar surface area (TPSA) is 93.8 Å². The number of nitro groups is 1. The third-order valence-electron chi connectivity index (χ3n) is 4.21. The van der Waals surface area contributed by atoms with E-state index in [0.29, 0.717) is 17.2 Å². The van der Waals surface area contributed by atoms with Crippen molar-refractivity contribution in [2.45, 2.75) is 13.0 Å². The van der Waals surface area contributed by atoms with Crippen LogP contribution in [0, 0.1) is 13.7 Å². The van der Waals surface area contributed by atoms with E-state index in [9.17, 15) is 14.9 Å². The van der Waals surface area contributed by atoms with Crippen molar-refractivity contribution in [2.24, 2.45) is 5.10 Å². The minimum atomic E-state index is -0.510. The summed E-state index contributed by atoms with van der Waals surface area (Å²) < 4.78 is 6.73. The Labute approximate surface area is 197 Å². The van der Waals surface area contributed by atoms with E-state index in [4.69, 9.17) is 16.3 Å². The van der Waals surface area contributed by atoms with Crippen molar-refractivity contribution >= 4 is 52.0 Å². The summed E-state index contributed by atoms with van der Waals surface area (Å²) in [6.45, 7) is 0.419. The van der Waals surface area contributed by atoms with Crippen molar-refractivity contribution in [1.82, 2.24) is 5.43 Å². The standard InChI is InChI=1S/C22H17ClIN3O4/c23-18-8-5-15(6-9-18)14-31-21-10-7-16(11-19(21)24)13-25-26-22(28)12-17-3-1-2-4-20(17)27(29)30/h1-11,13H,12,14H2,(H,26,28)/b25-13+. The first-order valence-electron chi connectivity index (χ1n) is 9.13. The molecular formula is C22H17ClIN3O4. The third-order valence-corrected chi connectivity index (χ3v) is 5.30. The van der Waals surface area contributed by atoms with Crippen molar-refractivity contribution in [3.63, 3.8) is 0 Å². The number of rotatable bonds is 8. The maximum atomic E-state index is 12.1. The molecule has 158 valence electrons. The molecule has 0 fully saturated rings. The van der Waals surface area contributed by atoms with Crippen LogP contribution in [0.15, 0.2) is 71.8 Å². The van der Waals surface area contributed by atoms with Gasteiger partial charge in [-0.3, -0.25) is 14.9 Å². The monoisotopic (exact) mass is 549 g/mol. The first-order valence-corrected chi connectivity index (χ1v) is 10.6. The number of carbonyl (C=O) groups is 1. The Hall–Kier alpha value is -2.98. The van der Waals surface area contributed by atoms with Crippen LogP contribution in [0.5, 0.6) is 5.75 Å². The van der Waals surface area contributed by atoms with Gasteiger partial charge in [-0.1, -0.05) is 41.9 Å². The highest BCUT2D eigenvalue weighted by Crippen LogP contribution is 2.23. The summed E-state index contributed by atoms with van der Waals surface area (Å²) in [6, 6.07) is 19.1. The minimum absolute atomic E-state index is 0.0922. The van der Waals surface area contributed by atoms with Crippen LogP contribution in [0.2, 0.25) is 5.02 Å². The zero-order chi connectivity index (χ0) is 22.2. The molecule has 0 aromatic heterocycles. The van der Waals surface area contributed by atoms with E-state index < -0.39 is 10.8 Å². The number of hydrogen-bond acceptors (Lipinski definition) is 5. The number of hydrazone groups is 1. The molecule has 0 spiro atoms. The molecule has 0 saturated heterocycles. The van der Waals surface area contributed by atoms with Gasteiger partial charge in [-0.15, -0.1) is 0 Å². The van der Waals surface area contributed by atoms with Gasteiger partial charge >= 0.3 is 0 Å². The first kappa shape index (κ1) is 22.7. The van der Waals surface area contributed by atoms with Gasteiger partial charge in [-0.2, -0.15) is 5.10 Å². The molecule has 1 N–H and O–H groups in total. The lowest BCUT2D eigenvalue weighted by atomic mass is 10.1. The van der Waals surface area contributed by atoms with E-state index in [0.717, 1.165) is 20.4 Å². The van der Waals surface area contributed by atoms with Gasteiger partial charge in [0.05, 0.1) is 21.1 Å². The average Bonchev–Trinajstić information content (AvgIpc) is 2.74. The molecule has 3 aromatic carbocycles. The molecule has 0 atom stereocenters. The van der Waals surface area contributed by atoms with Gasteiger partial charge in [-0.25, -0.2) is 5.43 Å². The van der Waals surface area contributed by atoms with Crippen molar-refractivity contribution in [3.05, 3.63) is 102 Å². The summed E-state index contributed by atoms with van der Waals surface area (Å²) in [5.74, 6) is 0.288. The molecular weight excluding hydrogens is 533 g/mol. The molecule has 3 aromatic rings. The number of benzene rings is 3. The summed E-state index contributed by atoms with van der Waals surface area (Å²) >= 11 is 8.05. The minimum Gasteiger partial charge on any atom is -0.488 e. The van der Waals surface area contributed by atoms with Gasteiger partial charge in [0.2, 0.25) is 5.91 Å². The summed E-state index contributed by atoms with van der Waals surface area (Å²) in [7, 11) is 0. The van der Waals surface area contributed by atoms with Crippen LogP contribution >= 0.6 is 34.2 Å². The Morgan fingerprint density at radius 1 is 1.16 bits per heavy atom. The highest BCUT2D eigenvalue weighted by atomic mass is 127. The first-order chi connectivity index (χ1) is 14.9. The Morgan fingerprint density at radius 3 is 2.61 bits per heavy atom. The SMILES string of the molecule is O=C(Cc1ccccc1[N+](=O)[O-])N/N=C/c1ccc(OCc2ccc(Cl)cc2)c(I)c1. The van der Waals surface area contributed by atoms with Crippen molar-refractivity contribution in [3.8, 4) is 5.75 Å². The van der Waals surface area contributed by atoms with E-state index in [1.165, 1.54) is 12.3 Å². The number of nitro benzene ring substituents is 1. The lowest BCUT2D eigenvalue weighted by Crippen LogP contribution is -2.20. The second kappa shape index (κ2) is 10.9. The molecule has 1 amide bonds. The fraction of sp³-hybridized carbons (Fsp3) is 0.0909. The lowest BCUT2D eigenvalue weighted by Gasteiger charge is -2.09. The highest BCUT2D eigenvalue weighted by Gasteiger charge is 2.15. The molecule has 0 heterocycles. The summed E-state index contributed by atoms with van der Waals surface area (Å²) in [5.41, 5.74) is 4.41. The average molecular weight is 550 g/mol. The predicted octanol–water partition coefficient (Wildman–Crippen LogP) is 5.12. The number of ether oxygens (including phenoxy) is 1. The smallest absolute Gasteiger partial charge is 0.273 e. The van der Waals surface area contributed by atoms with E-state index in [2.05, 4.69) is 33.1 Å². The molecule has 0 radical (unpaired) electrons. The molecule has 0 bridgehead atoms. The quantitative estimate of drug-likeness (QED) is 0.183. The molecule has 0 unspecified atom stereocenters. The maximum Gasteiger partial charge on any atom is 0.273 e. The van der Waals surface area contributed by atoms with Crippen LogP contribution in [0.1, 0.15) is 16.7 Å². The molecule has 31 heavy (non-hydrogen) atoms. The Bertz CT molecular complexity index is 1120. The van der Waals surface area contributed by atoms with Crippen molar-refractivity contribution < 1.29 is 14.5 Å². The fourth-order valence-corrected chi connectivity index (χ4v) is 3.51. The molecule has 0 aliphatic rings. The second-order valence-electron chi connectivity index (χ2n) is 6.46. The lowest BCUT2D eigenvalue weighted by molar-refractivity contribution is -0.385. The Morgan fingerprint density at radius 2 is 1.90 bits per heavy atom. The van der Waals surface area contributed by atoms with Gasteiger partial charge in [0.25, 0.3) is 5.69 Å². The third kappa shape index (κ3) is 6.76. The van der Waals surface area contributed by atoms with E-state index in [1.807, 2.05) is 42.5 Å². The van der Waals surface area contributed by atoms with Crippen molar-refractivity contribution in [1.29, 1.82) is 0 Å². The van der Waals surface area contributed by atoms with Gasteiger partial charge in [0.15, 0.2) is 0 Å². The summed E-state index contributed by atoms with van der Waals surface area (Å²) in [4.78, 5) is 22.6. The normalized spacial score (nSPS) is 10.8. The van der Waals surface area contributed by atoms with E-state index in [-0.39, 0.29) is 12.1 Å². The summed E-state index contributed by atoms with van der Waals surface area (Å²) in [6.07, 6.45) is 1.37. The van der Waals surface area contributed by atoms with Gasteiger partial charge in [0.1, 0.15) is 12.4 Å².